The van der Waals surface area contributed by atoms with Gasteiger partial charge in [0, 0.05) is 19.3 Å². The number of fused-ring (bicyclic) bond motifs is 1. The average molecular weight is 362 g/mol. The zero-order chi connectivity index (χ0) is 19.0. The van der Waals surface area contributed by atoms with E-state index in [4.69, 9.17) is 9.72 Å². The molecule has 0 aliphatic carbocycles. The fourth-order valence-corrected chi connectivity index (χ4v) is 3.56. The first-order valence-corrected chi connectivity index (χ1v) is 9.46. The maximum absolute atomic E-state index is 6.53. The van der Waals surface area contributed by atoms with Gasteiger partial charge in [-0.25, -0.2) is 15.0 Å². The molecule has 0 N–H and O–H groups in total. The van der Waals surface area contributed by atoms with Gasteiger partial charge in [-0.05, 0) is 30.0 Å². The second kappa shape index (κ2) is 6.89. The molecule has 2 atom stereocenters. The predicted octanol–water partition coefficient (Wildman–Crippen LogP) is 4.33. The molecule has 3 heterocycles. The second-order valence-corrected chi connectivity index (χ2v) is 8.26. The van der Waals surface area contributed by atoms with Gasteiger partial charge in [-0.2, -0.15) is 0 Å². The number of nitrogens with zero attached hydrogens (tertiary/aromatic N) is 4. The van der Waals surface area contributed by atoms with E-state index in [1.807, 2.05) is 19.1 Å². The van der Waals surface area contributed by atoms with Crippen molar-refractivity contribution in [3.63, 3.8) is 0 Å². The van der Waals surface area contributed by atoms with E-state index >= 15 is 0 Å². The first-order chi connectivity index (χ1) is 12.9. The van der Waals surface area contributed by atoms with Crippen LogP contribution in [0.4, 0.5) is 5.82 Å². The lowest BCUT2D eigenvalue weighted by atomic mass is 9.87. The highest BCUT2D eigenvalue weighted by molar-refractivity contribution is 5.86. The number of ether oxygens (including phenoxy) is 1. The van der Waals surface area contributed by atoms with Crippen LogP contribution in [0.5, 0.6) is 0 Å². The first kappa shape index (κ1) is 17.9. The van der Waals surface area contributed by atoms with Crippen molar-refractivity contribution < 1.29 is 4.74 Å². The normalized spacial score (nSPS) is 20.8. The third kappa shape index (κ3) is 3.65. The summed E-state index contributed by atoms with van der Waals surface area (Å²) >= 11 is 0. The van der Waals surface area contributed by atoms with Gasteiger partial charge in [0.2, 0.25) is 0 Å². The number of aryl methyl sites for hydroxylation is 1. The highest BCUT2D eigenvalue weighted by atomic mass is 16.5. The van der Waals surface area contributed by atoms with Crippen molar-refractivity contribution in [2.75, 3.05) is 18.0 Å². The lowest BCUT2D eigenvalue weighted by molar-refractivity contribution is -0.0792. The minimum Gasteiger partial charge on any atom is -0.366 e. The van der Waals surface area contributed by atoms with Gasteiger partial charge in [0.25, 0.3) is 0 Å². The van der Waals surface area contributed by atoms with Gasteiger partial charge in [0.1, 0.15) is 17.7 Å². The fourth-order valence-electron chi connectivity index (χ4n) is 3.56. The van der Waals surface area contributed by atoms with Crippen LogP contribution in [-0.4, -0.2) is 34.1 Å². The molecule has 1 saturated heterocycles. The molecule has 27 heavy (non-hydrogen) atoms. The Kier molecular flexibility index (Phi) is 4.56. The van der Waals surface area contributed by atoms with Crippen LogP contribution in [0.15, 0.2) is 48.7 Å². The van der Waals surface area contributed by atoms with E-state index < -0.39 is 0 Å². The number of benzene rings is 1. The van der Waals surface area contributed by atoms with Gasteiger partial charge in [-0.3, -0.25) is 0 Å². The average Bonchev–Trinajstić information content (AvgIpc) is 2.67. The van der Waals surface area contributed by atoms with Crippen LogP contribution in [0.1, 0.15) is 38.3 Å². The van der Waals surface area contributed by atoms with Crippen molar-refractivity contribution in [3.05, 3.63) is 60.0 Å². The summed E-state index contributed by atoms with van der Waals surface area (Å²) in [6.07, 6.45) is 1.88. The third-order valence-corrected chi connectivity index (χ3v) is 5.10. The Bertz CT molecular complexity index is 936. The molecule has 3 aromatic rings. The number of hydrogen-bond acceptors (Lipinski definition) is 5. The van der Waals surface area contributed by atoms with Crippen LogP contribution in [0.3, 0.4) is 0 Å². The Morgan fingerprint density at radius 3 is 2.52 bits per heavy atom. The number of aromatic nitrogens is 3. The molecule has 2 aromatic heterocycles. The van der Waals surface area contributed by atoms with Crippen molar-refractivity contribution in [2.45, 2.75) is 39.9 Å². The number of morpholine rings is 1. The Hall–Kier alpha value is -2.53. The van der Waals surface area contributed by atoms with Gasteiger partial charge in [0.05, 0.1) is 11.5 Å². The molecule has 0 saturated carbocycles. The Balaban J connectivity index is 1.77. The summed E-state index contributed by atoms with van der Waals surface area (Å²) in [7, 11) is 0. The Morgan fingerprint density at radius 2 is 1.78 bits per heavy atom. The monoisotopic (exact) mass is 362 g/mol. The molecule has 140 valence electrons. The maximum Gasteiger partial charge on any atom is 0.164 e. The largest absolute Gasteiger partial charge is 0.366 e. The first-order valence-electron chi connectivity index (χ1n) is 9.46. The molecule has 0 unspecified atom stereocenters. The predicted molar refractivity (Wildman–Crippen MR) is 108 cm³/mol. The summed E-state index contributed by atoms with van der Waals surface area (Å²) in [5.41, 5.74) is 1.97. The topological polar surface area (TPSA) is 51.1 Å². The van der Waals surface area contributed by atoms with E-state index in [9.17, 15) is 0 Å². The Labute approximate surface area is 160 Å². The lowest BCUT2D eigenvalue weighted by Gasteiger charge is -2.44. The van der Waals surface area contributed by atoms with E-state index in [0.717, 1.165) is 35.8 Å². The summed E-state index contributed by atoms with van der Waals surface area (Å²) in [5.74, 6) is 1.69. The molecule has 1 fully saturated rings. The Morgan fingerprint density at radius 1 is 1.00 bits per heavy atom. The molecular weight excluding hydrogens is 336 g/mol. The zero-order valence-corrected chi connectivity index (χ0v) is 16.4. The number of anilines is 1. The zero-order valence-electron chi connectivity index (χ0n) is 16.4. The molecule has 0 bridgehead atoms. The summed E-state index contributed by atoms with van der Waals surface area (Å²) in [6, 6.07) is 14.4. The molecule has 5 heteroatoms. The third-order valence-electron chi connectivity index (χ3n) is 5.10. The summed E-state index contributed by atoms with van der Waals surface area (Å²) < 4.78 is 6.53. The van der Waals surface area contributed by atoms with E-state index in [1.165, 1.54) is 5.56 Å². The molecular formula is C22H26N4O. The van der Waals surface area contributed by atoms with Crippen LogP contribution in [0.2, 0.25) is 0 Å². The summed E-state index contributed by atoms with van der Waals surface area (Å²) in [6.45, 7) is 10.2. The lowest BCUT2D eigenvalue weighted by Crippen LogP contribution is -2.49. The number of rotatable bonds is 2. The number of hydrogen-bond donors (Lipinski definition) is 0. The molecule has 1 aliphatic heterocycles. The van der Waals surface area contributed by atoms with Gasteiger partial charge >= 0.3 is 0 Å². The maximum atomic E-state index is 6.53. The molecule has 0 amide bonds. The van der Waals surface area contributed by atoms with Gasteiger partial charge in [0.15, 0.2) is 5.65 Å². The van der Waals surface area contributed by atoms with E-state index in [2.05, 4.69) is 66.0 Å². The molecule has 5 nitrogen and oxygen atoms in total. The van der Waals surface area contributed by atoms with E-state index in [-0.39, 0.29) is 17.6 Å². The minimum atomic E-state index is 0.00571. The van der Waals surface area contributed by atoms with Crippen LogP contribution in [-0.2, 0) is 4.74 Å². The SMILES string of the molecule is Cc1nc(N2C[C@@H](c3ccccc3)O[C@@H](C(C)(C)C)C2)c2cccnc2n1. The highest BCUT2D eigenvalue weighted by Crippen LogP contribution is 2.36. The molecule has 0 spiro atoms. The van der Waals surface area contributed by atoms with Gasteiger partial charge in [-0.1, -0.05) is 51.1 Å². The van der Waals surface area contributed by atoms with Crippen LogP contribution >= 0.6 is 0 Å². The number of pyridine rings is 1. The fraction of sp³-hybridized carbons (Fsp3) is 0.409. The smallest absolute Gasteiger partial charge is 0.164 e. The van der Waals surface area contributed by atoms with E-state index in [1.54, 1.807) is 6.20 Å². The van der Waals surface area contributed by atoms with Crippen molar-refractivity contribution in [3.8, 4) is 0 Å². The standard InChI is InChI=1S/C22H26N4O/c1-15-24-20-17(11-8-12-23-20)21(25-15)26-13-18(16-9-6-5-7-10-16)27-19(14-26)22(2,3)4/h5-12,18-19H,13-14H2,1-4H3/t18-,19+/m0/s1. The van der Waals surface area contributed by atoms with Crippen LogP contribution in [0, 0.1) is 12.3 Å². The molecule has 0 radical (unpaired) electrons. The molecule has 1 aromatic carbocycles. The quantitative estimate of drug-likeness (QED) is 0.679. The summed E-state index contributed by atoms with van der Waals surface area (Å²) in [5, 5.41) is 0.990. The van der Waals surface area contributed by atoms with Crippen molar-refractivity contribution in [2.24, 2.45) is 5.41 Å². The van der Waals surface area contributed by atoms with Crippen molar-refractivity contribution in [1.82, 2.24) is 15.0 Å². The van der Waals surface area contributed by atoms with Crippen molar-refractivity contribution in [1.29, 1.82) is 0 Å². The highest BCUT2D eigenvalue weighted by Gasteiger charge is 2.36. The van der Waals surface area contributed by atoms with Crippen molar-refractivity contribution >= 4 is 16.9 Å². The van der Waals surface area contributed by atoms with Crippen LogP contribution < -0.4 is 4.90 Å². The molecule has 4 rings (SSSR count). The van der Waals surface area contributed by atoms with Gasteiger partial charge < -0.3 is 9.64 Å². The second-order valence-electron chi connectivity index (χ2n) is 8.26. The minimum absolute atomic E-state index is 0.00571. The van der Waals surface area contributed by atoms with Gasteiger partial charge in [-0.15, -0.1) is 0 Å². The summed E-state index contributed by atoms with van der Waals surface area (Å²) in [4.78, 5) is 16.1. The van der Waals surface area contributed by atoms with Crippen LogP contribution in [0.25, 0.3) is 11.0 Å². The molecule has 1 aliphatic rings. The van der Waals surface area contributed by atoms with E-state index in [0.29, 0.717) is 0 Å².